The topological polar surface area (TPSA) is 66.9 Å². The Balaban J connectivity index is 2.21. The number of allylic oxidation sites excluding steroid dienone is 3. The molecule has 0 aliphatic carbocycles. The van der Waals surface area contributed by atoms with E-state index in [1.54, 1.807) is 30.4 Å². The summed E-state index contributed by atoms with van der Waals surface area (Å²) in [7, 11) is 0. The molecule has 0 spiro atoms. The largest absolute Gasteiger partial charge is 0.270 e. The minimum Gasteiger partial charge on any atom is -0.258 e. The van der Waals surface area contributed by atoms with Crippen LogP contribution < -0.4 is 0 Å². The lowest BCUT2D eigenvalue weighted by atomic mass is 10.1. The number of nitro benzene ring substituents is 1. The number of nitro groups is 1. The normalized spacial score (nSPS) is 11.3. The van der Waals surface area contributed by atoms with Gasteiger partial charge < -0.3 is 0 Å². The molecule has 0 unspecified atom stereocenters. The van der Waals surface area contributed by atoms with E-state index in [9.17, 15) is 10.1 Å². The molecule has 4 nitrogen and oxygen atoms in total. The van der Waals surface area contributed by atoms with Crippen LogP contribution in [-0.4, -0.2) is 4.92 Å². The quantitative estimate of drug-likeness (QED) is 0.363. The summed E-state index contributed by atoms with van der Waals surface area (Å²) in [5, 5.41) is 19.8. The summed E-state index contributed by atoms with van der Waals surface area (Å²) in [5.41, 5.74) is 2.14. The Morgan fingerprint density at radius 1 is 1.14 bits per heavy atom. The molecule has 0 N–H and O–H groups in total. The third kappa shape index (κ3) is 3.88. The van der Waals surface area contributed by atoms with Crippen molar-refractivity contribution in [2.24, 2.45) is 0 Å². The maximum atomic E-state index is 10.7. The highest BCUT2D eigenvalue weighted by molar-refractivity contribution is 5.78. The fourth-order valence-electron chi connectivity index (χ4n) is 1.81. The van der Waals surface area contributed by atoms with E-state index in [0.717, 1.165) is 5.56 Å². The lowest BCUT2D eigenvalue weighted by Crippen LogP contribution is -1.87. The van der Waals surface area contributed by atoms with Crippen LogP contribution in [0.4, 0.5) is 5.69 Å². The summed E-state index contributed by atoms with van der Waals surface area (Å²) in [4.78, 5) is 10.3. The lowest BCUT2D eigenvalue weighted by Gasteiger charge is -1.96. The Bertz CT molecular complexity index is 741. The molecule has 0 saturated heterocycles. The maximum Gasteiger partial charge on any atom is 0.270 e. The molecule has 0 aliphatic heterocycles. The van der Waals surface area contributed by atoms with Crippen LogP contribution in [0.5, 0.6) is 0 Å². The minimum absolute atomic E-state index is 0.0460. The van der Waals surface area contributed by atoms with E-state index in [1.807, 2.05) is 30.3 Å². The van der Waals surface area contributed by atoms with Gasteiger partial charge in [0.15, 0.2) is 0 Å². The Morgan fingerprint density at radius 3 is 2.57 bits per heavy atom. The van der Waals surface area contributed by atoms with Crippen molar-refractivity contribution in [2.45, 2.75) is 0 Å². The van der Waals surface area contributed by atoms with Crippen molar-refractivity contribution in [3.8, 4) is 6.07 Å². The van der Waals surface area contributed by atoms with Crippen LogP contribution in [0.25, 0.3) is 11.6 Å². The van der Waals surface area contributed by atoms with Gasteiger partial charge >= 0.3 is 0 Å². The predicted molar refractivity (Wildman–Crippen MR) is 82.2 cm³/mol. The van der Waals surface area contributed by atoms with E-state index in [1.165, 1.54) is 12.1 Å². The molecule has 4 heteroatoms. The van der Waals surface area contributed by atoms with Gasteiger partial charge in [-0.1, -0.05) is 54.6 Å². The summed E-state index contributed by atoms with van der Waals surface area (Å²) in [6.45, 7) is 0. The molecule has 0 fully saturated rings. The van der Waals surface area contributed by atoms with Crippen molar-refractivity contribution in [2.75, 3.05) is 0 Å². The second kappa shape index (κ2) is 6.83. The van der Waals surface area contributed by atoms with Crippen molar-refractivity contribution in [1.82, 2.24) is 0 Å². The number of rotatable bonds is 4. The zero-order chi connectivity index (χ0) is 15.1. The van der Waals surface area contributed by atoms with Gasteiger partial charge in [0.25, 0.3) is 5.69 Å². The molecule has 0 atom stereocenters. The van der Waals surface area contributed by atoms with Gasteiger partial charge in [-0.25, -0.2) is 0 Å². The van der Waals surface area contributed by atoms with Crippen LogP contribution in [0.3, 0.4) is 0 Å². The Kier molecular flexibility index (Phi) is 4.62. The SMILES string of the molecule is N#C/C(=C/C=C\c1cccc([N+](=O)[O-])c1)c1ccccc1. The van der Waals surface area contributed by atoms with Crippen LogP contribution in [-0.2, 0) is 0 Å². The van der Waals surface area contributed by atoms with Gasteiger partial charge in [0.1, 0.15) is 0 Å². The molecule has 2 rings (SSSR count). The van der Waals surface area contributed by atoms with Gasteiger partial charge in [0.05, 0.1) is 16.6 Å². The Labute approximate surface area is 122 Å². The van der Waals surface area contributed by atoms with Crippen LogP contribution in [0.1, 0.15) is 11.1 Å². The van der Waals surface area contributed by atoms with Crippen LogP contribution >= 0.6 is 0 Å². The van der Waals surface area contributed by atoms with E-state index in [0.29, 0.717) is 11.1 Å². The van der Waals surface area contributed by atoms with E-state index in [-0.39, 0.29) is 5.69 Å². The Morgan fingerprint density at radius 2 is 1.90 bits per heavy atom. The number of nitriles is 1. The van der Waals surface area contributed by atoms with Crippen molar-refractivity contribution in [1.29, 1.82) is 5.26 Å². The molecule has 0 bridgehead atoms. The van der Waals surface area contributed by atoms with Gasteiger partial charge in [0, 0.05) is 12.1 Å². The van der Waals surface area contributed by atoms with E-state index in [2.05, 4.69) is 6.07 Å². The first-order chi connectivity index (χ1) is 10.2. The monoisotopic (exact) mass is 276 g/mol. The third-order valence-electron chi connectivity index (χ3n) is 2.84. The van der Waals surface area contributed by atoms with E-state index < -0.39 is 4.92 Å². The molecule has 0 aromatic heterocycles. The van der Waals surface area contributed by atoms with Crippen molar-refractivity contribution in [3.63, 3.8) is 0 Å². The maximum absolute atomic E-state index is 10.7. The van der Waals surface area contributed by atoms with E-state index >= 15 is 0 Å². The molecule has 2 aromatic carbocycles. The average molecular weight is 276 g/mol. The van der Waals surface area contributed by atoms with Crippen LogP contribution in [0.2, 0.25) is 0 Å². The van der Waals surface area contributed by atoms with Crippen LogP contribution in [0.15, 0.2) is 66.7 Å². The summed E-state index contributed by atoms with van der Waals surface area (Å²) in [5.74, 6) is 0. The van der Waals surface area contributed by atoms with Gasteiger partial charge in [-0.15, -0.1) is 0 Å². The van der Waals surface area contributed by atoms with Gasteiger partial charge in [-0.3, -0.25) is 10.1 Å². The van der Waals surface area contributed by atoms with Crippen molar-refractivity contribution < 1.29 is 4.92 Å². The fraction of sp³-hybridized carbons (Fsp3) is 0. The van der Waals surface area contributed by atoms with Crippen LogP contribution in [0, 0.1) is 21.4 Å². The van der Waals surface area contributed by atoms with Crippen molar-refractivity contribution >= 4 is 17.3 Å². The van der Waals surface area contributed by atoms with Crippen molar-refractivity contribution in [3.05, 3.63) is 88.0 Å². The molecule has 21 heavy (non-hydrogen) atoms. The van der Waals surface area contributed by atoms with Gasteiger partial charge in [-0.05, 0) is 17.2 Å². The molecule has 0 saturated carbocycles. The number of benzene rings is 2. The van der Waals surface area contributed by atoms with Gasteiger partial charge in [-0.2, -0.15) is 5.26 Å². The fourth-order valence-corrected chi connectivity index (χ4v) is 1.81. The standard InChI is InChI=1S/C17H12N2O2/c18-13-16(15-8-2-1-3-9-15)10-4-6-14-7-5-11-17(12-14)19(20)21/h1-12H/b6-4-,16-10-. The summed E-state index contributed by atoms with van der Waals surface area (Å²) in [6.07, 6.45) is 5.13. The molecule has 2 aromatic rings. The Hall–Kier alpha value is -3.19. The second-order valence-corrected chi connectivity index (χ2v) is 4.27. The molecular weight excluding hydrogens is 264 g/mol. The zero-order valence-corrected chi connectivity index (χ0v) is 11.1. The molecule has 0 radical (unpaired) electrons. The second-order valence-electron chi connectivity index (χ2n) is 4.27. The number of non-ortho nitro benzene ring substituents is 1. The average Bonchev–Trinajstić information content (AvgIpc) is 2.53. The first kappa shape index (κ1) is 14.2. The molecule has 102 valence electrons. The molecular formula is C17H12N2O2. The predicted octanol–water partition coefficient (Wildman–Crippen LogP) is 4.22. The number of hydrogen-bond donors (Lipinski definition) is 0. The highest BCUT2D eigenvalue weighted by Crippen LogP contribution is 2.16. The summed E-state index contributed by atoms with van der Waals surface area (Å²) in [6, 6.07) is 17.8. The van der Waals surface area contributed by atoms with E-state index in [4.69, 9.17) is 5.26 Å². The third-order valence-corrected chi connectivity index (χ3v) is 2.84. The highest BCUT2D eigenvalue weighted by Gasteiger charge is 2.03. The first-order valence-electron chi connectivity index (χ1n) is 6.29. The molecule has 0 heterocycles. The molecule has 0 aliphatic rings. The first-order valence-corrected chi connectivity index (χ1v) is 6.29. The van der Waals surface area contributed by atoms with Gasteiger partial charge in [0.2, 0.25) is 0 Å². The number of hydrogen-bond acceptors (Lipinski definition) is 3. The zero-order valence-electron chi connectivity index (χ0n) is 11.1. The molecule has 0 amide bonds. The highest BCUT2D eigenvalue weighted by atomic mass is 16.6. The smallest absolute Gasteiger partial charge is 0.258 e. The minimum atomic E-state index is -0.433. The summed E-state index contributed by atoms with van der Waals surface area (Å²) >= 11 is 0. The number of nitrogens with zero attached hydrogens (tertiary/aromatic N) is 2. The lowest BCUT2D eigenvalue weighted by molar-refractivity contribution is -0.384. The summed E-state index contributed by atoms with van der Waals surface area (Å²) < 4.78 is 0.